The molecule has 6 heteroatoms. The Labute approximate surface area is 149 Å². The first kappa shape index (κ1) is 18.0. The van der Waals surface area contributed by atoms with Crippen molar-refractivity contribution in [3.8, 4) is 0 Å². The number of hydrogen-bond acceptors (Lipinski definition) is 4. The van der Waals surface area contributed by atoms with Crippen LogP contribution in [-0.4, -0.2) is 25.2 Å². The highest BCUT2D eigenvalue weighted by Crippen LogP contribution is 2.13. The van der Waals surface area contributed by atoms with Crippen molar-refractivity contribution in [2.45, 2.75) is 19.1 Å². The van der Waals surface area contributed by atoms with Crippen LogP contribution in [-0.2, 0) is 27.3 Å². The van der Waals surface area contributed by atoms with Crippen LogP contribution in [0.4, 0.5) is 4.79 Å². The molecule has 0 bridgehead atoms. The first-order valence-corrected chi connectivity index (χ1v) is 8.17. The molecule has 0 aliphatic carbocycles. The second-order valence-corrected chi connectivity index (χ2v) is 6.03. The van der Waals surface area contributed by atoms with Crippen LogP contribution in [0, 0.1) is 0 Å². The zero-order chi connectivity index (χ0) is 17.4. The first-order valence-electron chi connectivity index (χ1n) is 7.38. The van der Waals surface area contributed by atoms with Crippen LogP contribution in [0.2, 0.25) is 0 Å². The molecule has 0 aliphatic rings. The maximum Gasteiger partial charge on any atom is 0.408 e. The van der Waals surface area contributed by atoms with Gasteiger partial charge in [-0.3, -0.25) is 0 Å². The van der Waals surface area contributed by atoms with Gasteiger partial charge in [0.15, 0.2) is 0 Å². The van der Waals surface area contributed by atoms with E-state index in [1.165, 1.54) is 7.11 Å². The Morgan fingerprint density at radius 2 is 1.79 bits per heavy atom. The van der Waals surface area contributed by atoms with Gasteiger partial charge in [-0.25, -0.2) is 9.59 Å². The summed E-state index contributed by atoms with van der Waals surface area (Å²) < 4.78 is 10.8. The Balaban J connectivity index is 1.95. The Bertz CT molecular complexity index is 690. The predicted molar refractivity (Wildman–Crippen MR) is 93.4 cm³/mol. The predicted octanol–water partition coefficient (Wildman–Crippen LogP) is 3.46. The number of ether oxygens (including phenoxy) is 2. The van der Waals surface area contributed by atoms with E-state index in [1.54, 1.807) is 0 Å². The quantitative estimate of drug-likeness (QED) is 0.765. The largest absolute Gasteiger partial charge is 0.467 e. The zero-order valence-corrected chi connectivity index (χ0v) is 14.8. The van der Waals surface area contributed by atoms with Crippen LogP contribution in [0.15, 0.2) is 59.1 Å². The van der Waals surface area contributed by atoms with Crippen LogP contribution in [0.1, 0.15) is 11.1 Å². The van der Waals surface area contributed by atoms with Crippen LogP contribution < -0.4 is 5.32 Å². The van der Waals surface area contributed by atoms with Gasteiger partial charge in [0.25, 0.3) is 0 Å². The lowest BCUT2D eigenvalue weighted by Gasteiger charge is -2.16. The highest BCUT2D eigenvalue weighted by Gasteiger charge is 2.22. The molecule has 2 rings (SSSR count). The normalized spacial score (nSPS) is 11.4. The number of carbonyl (C=O) groups excluding carboxylic acids is 2. The van der Waals surface area contributed by atoms with E-state index >= 15 is 0 Å². The molecule has 2 aromatic rings. The molecule has 0 radical (unpaired) electrons. The molecule has 0 heterocycles. The molecule has 24 heavy (non-hydrogen) atoms. The van der Waals surface area contributed by atoms with Crippen molar-refractivity contribution in [1.29, 1.82) is 0 Å². The molecule has 2 aromatic carbocycles. The van der Waals surface area contributed by atoms with Crippen molar-refractivity contribution in [2.24, 2.45) is 0 Å². The summed E-state index contributed by atoms with van der Waals surface area (Å²) >= 11 is 3.38. The molecule has 0 fully saturated rings. The lowest BCUT2D eigenvalue weighted by atomic mass is 10.1. The minimum atomic E-state index is -0.812. The van der Waals surface area contributed by atoms with E-state index in [4.69, 9.17) is 9.47 Å². The molecule has 1 unspecified atom stereocenters. The van der Waals surface area contributed by atoms with E-state index in [2.05, 4.69) is 21.2 Å². The fraction of sp³-hybridized carbons (Fsp3) is 0.222. The second-order valence-electron chi connectivity index (χ2n) is 5.12. The van der Waals surface area contributed by atoms with E-state index in [-0.39, 0.29) is 6.61 Å². The number of hydrogen-bond donors (Lipinski definition) is 1. The second kappa shape index (κ2) is 9.08. The number of rotatable bonds is 6. The van der Waals surface area contributed by atoms with Crippen molar-refractivity contribution in [3.05, 3.63) is 70.2 Å². The highest BCUT2D eigenvalue weighted by atomic mass is 79.9. The van der Waals surface area contributed by atoms with Gasteiger partial charge in [0, 0.05) is 10.9 Å². The van der Waals surface area contributed by atoms with Crippen molar-refractivity contribution in [2.75, 3.05) is 7.11 Å². The Kier molecular flexibility index (Phi) is 6.81. The van der Waals surface area contributed by atoms with Gasteiger partial charge in [-0.2, -0.15) is 0 Å². The standard InChI is InChI=1S/C18H18BrNO4/c1-23-17(21)16(11-14-8-5-9-15(19)10-14)20-18(22)24-12-13-6-3-2-4-7-13/h2-10,16H,11-12H2,1H3,(H,20,22). The van der Waals surface area contributed by atoms with Crippen LogP contribution in [0.3, 0.4) is 0 Å². The van der Waals surface area contributed by atoms with E-state index in [0.717, 1.165) is 15.6 Å². The van der Waals surface area contributed by atoms with E-state index in [9.17, 15) is 9.59 Å². The van der Waals surface area contributed by atoms with Gasteiger partial charge < -0.3 is 14.8 Å². The highest BCUT2D eigenvalue weighted by molar-refractivity contribution is 9.10. The summed E-state index contributed by atoms with van der Waals surface area (Å²) in [5, 5.41) is 2.55. The van der Waals surface area contributed by atoms with Crippen molar-refractivity contribution in [3.63, 3.8) is 0 Å². The summed E-state index contributed by atoms with van der Waals surface area (Å²) in [4.78, 5) is 23.9. The first-order chi connectivity index (χ1) is 11.6. The number of amides is 1. The lowest BCUT2D eigenvalue weighted by Crippen LogP contribution is -2.43. The summed E-state index contributed by atoms with van der Waals surface area (Å²) in [5.41, 5.74) is 1.76. The molecule has 0 saturated carbocycles. The topological polar surface area (TPSA) is 64.6 Å². The SMILES string of the molecule is COC(=O)C(Cc1cccc(Br)c1)NC(=O)OCc1ccccc1. The van der Waals surface area contributed by atoms with E-state index in [1.807, 2.05) is 54.6 Å². The average Bonchev–Trinajstić information content (AvgIpc) is 2.59. The van der Waals surface area contributed by atoms with Crippen LogP contribution in [0.25, 0.3) is 0 Å². The third-order valence-electron chi connectivity index (χ3n) is 3.32. The lowest BCUT2D eigenvalue weighted by molar-refractivity contribution is -0.143. The Morgan fingerprint density at radius 3 is 2.46 bits per heavy atom. The molecule has 0 aromatic heterocycles. The molecule has 0 saturated heterocycles. The number of esters is 1. The summed E-state index contributed by atoms with van der Waals surface area (Å²) in [7, 11) is 1.28. The van der Waals surface area contributed by atoms with E-state index < -0.39 is 18.1 Å². The number of methoxy groups -OCH3 is 1. The van der Waals surface area contributed by atoms with Gasteiger partial charge in [-0.05, 0) is 23.3 Å². The van der Waals surface area contributed by atoms with Crippen LogP contribution >= 0.6 is 15.9 Å². The molecule has 0 aliphatic heterocycles. The monoisotopic (exact) mass is 391 g/mol. The molecule has 0 spiro atoms. The smallest absolute Gasteiger partial charge is 0.408 e. The molecule has 5 nitrogen and oxygen atoms in total. The molecular formula is C18H18BrNO4. The van der Waals surface area contributed by atoms with Gasteiger partial charge in [0.05, 0.1) is 7.11 Å². The van der Waals surface area contributed by atoms with Crippen molar-refractivity contribution >= 4 is 28.0 Å². The number of nitrogens with one attached hydrogen (secondary N) is 1. The molecular weight excluding hydrogens is 374 g/mol. The maximum atomic E-state index is 12.0. The van der Waals surface area contributed by atoms with Crippen molar-refractivity contribution in [1.82, 2.24) is 5.32 Å². The van der Waals surface area contributed by atoms with Gasteiger partial charge in [-0.1, -0.05) is 58.4 Å². The van der Waals surface area contributed by atoms with Gasteiger partial charge in [0.1, 0.15) is 12.6 Å². The maximum absolute atomic E-state index is 12.0. The minimum absolute atomic E-state index is 0.136. The third-order valence-corrected chi connectivity index (χ3v) is 3.81. The molecule has 1 N–H and O–H groups in total. The fourth-order valence-electron chi connectivity index (χ4n) is 2.14. The number of halogens is 1. The Hall–Kier alpha value is -2.34. The third kappa shape index (κ3) is 5.70. The minimum Gasteiger partial charge on any atom is -0.467 e. The summed E-state index contributed by atoms with van der Waals surface area (Å²) in [5.74, 6) is -0.522. The van der Waals surface area contributed by atoms with Gasteiger partial charge >= 0.3 is 12.1 Å². The van der Waals surface area contributed by atoms with Crippen molar-refractivity contribution < 1.29 is 19.1 Å². The fourth-order valence-corrected chi connectivity index (χ4v) is 2.59. The average molecular weight is 392 g/mol. The molecule has 1 amide bonds. The zero-order valence-electron chi connectivity index (χ0n) is 13.2. The number of carbonyl (C=O) groups is 2. The van der Waals surface area contributed by atoms with E-state index in [0.29, 0.717) is 6.42 Å². The van der Waals surface area contributed by atoms with Gasteiger partial charge in [-0.15, -0.1) is 0 Å². The number of benzene rings is 2. The molecule has 1 atom stereocenters. The number of alkyl carbamates (subject to hydrolysis) is 1. The van der Waals surface area contributed by atoms with Crippen LogP contribution in [0.5, 0.6) is 0 Å². The Morgan fingerprint density at radius 1 is 1.08 bits per heavy atom. The summed E-state index contributed by atoms with van der Waals surface area (Å²) in [6, 6.07) is 16.0. The summed E-state index contributed by atoms with van der Waals surface area (Å²) in [6.07, 6.45) is -0.351. The molecule has 126 valence electrons. The van der Waals surface area contributed by atoms with Gasteiger partial charge in [0.2, 0.25) is 0 Å². The summed E-state index contributed by atoms with van der Waals surface area (Å²) in [6.45, 7) is 0.136.